The average Bonchev–Trinajstić information content (AvgIpc) is 2.46. The highest BCUT2D eigenvalue weighted by molar-refractivity contribution is 9.11. The second kappa shape index (κ2) is 6.63. The molecule has 0 atom stereocenters. The molecule has 0 spiro atoms. The third-order valence-electron chi connectivity index (χ3n) is 2.25. The van der Waals surface area contributed by atoms with Crippen LogP contribution in [0.3, 0.4) is 0 Å². The molecule has 86 valence electrons. The summed E-state index contributed by atoms with van der Waals surface area (Å²) in [5.74, 6) is 0. The van der Waals surface area contributed by atoms with Crippen LogP contribution in [-0.2, 0) is 6.54 Å². The molecule has 0 aliphatic rings. The van der Waals surface area contributed by atoms with E-state index in [1.165, 1.54) is 14.2 Å². The zero-order valence-corrected chi connectivity index (χ0v) is 12.0. The van der Waals surface area contributed by atoms with Crippen molar-refractivity contribution in [2.75, 3.05) is 26.7 Å². The number of aryl methyl sites for hydroxylation is 1. The molecule has 0 aromatic carbocycles. The summed E-state index contributed by atoms with van der Waals surface area (Å²) in [6, 6.07) is 2.26. The second-order valence-corrected chi connectivity index (χ2v) is 6.22. The number of nitrogens with one attached hydrogen (secondary N) is 1. The highest BCUT2D eigenvalue weighted by atomic mass is 79.9. The van der Waals surface area contributed by atoms with Crippen LogP contribution in [0.2, 0.25) is 0 Å². The number of nitrogens with zero attached hydrogens (tertiary/aromatic N) is 1. The van der Waals surface area contributed by atoms with E-state index in [-0.39, 0.29) is 0 Å². The summed E-state index contributed by atoms with van der Waals surface area (Å²) in [6.45, 7) is 8.55. The van der Waals surface area contributed by atoms with Crippen LogP contribution in [0.25, 0.3) is 0 Å². The van der Waals surface area contributed by atoms with Crippen molar-refractivity contribution in [3.63, 3.8) is 0 Å². The standard InChI is InChI=1S/C11H19BrN2S/c1-4-13-5-6-14(3)8-10-7-9(2)11(12)15-10/h7,13H,4-6,8H2,1-3H3. The van der Waals surface area contributed by atoms with Crippen molar-refractivity contribution in [2.45, 2.75) is 20.4 Å². The highest BCUT2D eigenvalue weighted by Crippen LogP contribution is 2.27. The maximum Gasteiger partial charge on any atom is 0.0730 e. The average molecular weight is 291 g/mol. The highest BCUT2D eigenvalue weighted by Gasteiger charge is 2.05. The molecule has 1 heterocycles. The predicted octanol–water partition coefficient (Wildman–Crippen LogP) is 2.86. The lowest BCUT2D eigenvalue weighted by Crippen LogP contribution is -2.28. The van der Waals surface area contributed by atoms with E-state index in [2.05, 4.69) is 53.1 Å². The summed E-state index contributed by atoms with van der Waals surface area (Å²) in [5.41, 5.74) is 1.34. The lowest BCUT2D eigenvalue weighted by molar-refractivity contribution is 0.328. The van der Waals surface area contributed by atoms with Crippen molar-refractivity contribution >= 4 is 27.3 Å². The van der Waals surface area contributed by atoms with Gasteiger partial charge in [0, 0.05) is 24.5 Å². The van der Waals surface area contributed by atoms with Crippen molar-refractivity contribution in [3.05, 3.63) is 20.3 Å². The van der Waals surface area contributed by atoms with Crippen LogP contribution in [0.15, 0.2) is 9.85 Å². The van der Waals surface area contributed by atoms with Crippen molar-refractivity contribution in [1.29, 1.82) is 0 Å². The minimum atomic E-state index is 1.04. The normalized spacial score (nSPS) is 11.3. The molecule has 4 heteroatoms. The van der Waals surface area contributed by atoms with E-state index in [0.717, 1.165) is 26.2 Å². The van der Waals surface area contributed by atoms with E-state index < -0.39 is 0 Å². The zero-order valence-electron chi connectivity index (χ0n) is 9.64. The first-order chi connectivity index (χ1) is 7.13. The Hall–Kier alpha value is 0.1000. The Balaban J connectivity index is 2.34. The number of hydrogen-bond acceptors (Lipinski definition) is 3. The second-order valence-electron chi connectivity index (χ2n) is 3.76. The van der Waals surface area contributed by atoms with Gasteiger partial charge >= 0.3 is 0 Å². The SMILES string of the molecule is CCNCCN(C)Cc1cc(C)c(Br)s1. The van der Waals surface area contributed by atoms with Crippen molar-refractivity contribution in [1.82, 2.24) is 10.2 Å². The lowest BCUT2D eigenvalue weighted by Gasteiger charge is -2.15. The van der Waals surface area contributed by atoms with Gasteiger partial charge in [0.2, 0.25) is 0 Å². The van der Waals surface area contributed by atoms with Crippen LogP contribution in [0, 0.1) is 6.92 Å². The summed E-state index contributed by atoms with van der Waals surface area (Å²) < 4.78 is 1.26. The Morgan fingerprint density at radius 3 is 2.80 bits per heavy atom. The molecule has 1 aromatic rings. The predicted molar refractivity (Wildman–Crippen MR) is 71.6 cm³/mol. The maximum absolute atomic E-state index is 3.56. The first kappa shape index (κ1) is 13.2. The summed E-state index contributed by atoms with van der Waals surface area (Å²) in [4.78, 5) is 3.78. The Morgan fingerprint density at radius 2 is 2.27 bits per heavy atom. The lowest BCUT2D eigenvalue weighted by atomic mass is 10.3. The minimum Gasteiger partial charge on any atom is -0.316 e. The third kappa shape index (κ3) is 4.64. The van der Waals surface area contributed by atoms with Crippen molar-refractivity contribution < 1.29 is 0 Å². The largest absolute Gasteiger partial charge is 0.316 e. The number of hydrogen-bond donors (Lipinski definition) is 1. The van der Waals surface area contributed by atoms with Gasteiger partial charge in [-0.15, -0.1) is 11.3 Å². The van der Waals surface area contributed by atoms with Gasteiger partial charge in [0.25, 0.3) is 0 Å². The molecule has 0 fully saturated rings. The molecule has 15 heavy (non-hydrogen) atoms. The summed E-state index contributed by atoms with van der Waals surface area (Å²) in [6.07, 6.45) is 0. The first-order valence-electron chi connectivity index (χ1n) is 5.27. The van der Waals surface area contributed by atoms with Crippen molar-refractivity contribution in [3.8, 4) is 0 Å². The van der Waals surface area contributed by atoms with Gasteiger partial charge in [-0.05, 0) is 48.1 Å². The number of likely N-dealkylation sites (N-methyl/N-ethyl adjacent to an activating group) is 2. The molecule has 0 bridgehead atoms. The monoisotopic (exact) mass is 290 g/mol. The van der Waals surface area contributed by atoms with E-state index in [1.807, 2.05) is 11.3 Å². The van der Waals surface area contributed by atoms with Crippen LogP contribution in [-0.4, -0.2) is 31.6 Å². The molecular weight excluding hydrogens is 272 g/mol. The quantitative estimate of drug-likeness (QED) is 0.811. The van der Waals surface area contributed by atoms with Gasteiger partial charge < -0.3 is 10.2 Å². The maximum atomic E-state index is 3.56. The van der Waals surface area contributed by atoms with Crippen LogP contribution >= 0.6 is 27.3 Å². The topological polar surface area (TPSA) is 15.3 Å². The summed E-state index contributed by atoms with van der Waals surface area (Å²) >= 11 is 5.39. The Kier molecular flexibility index (Phi) is 5.82. The Morgan fingerprint density at radius 1 is 1.53 bits per heavy atom. The minimum absolute atomic E-state index is 1.04. The smallest absolute Gasteiger partial charge is 0.0730 e. The molecule has 0 saturated heterocycles. The molecule has 0 aliphatic carbocycles. The molecule has 0 unspecified atom stereocenters. The van der Waals surface area contributed by atoms with Crippen LogP contribution < -0.4 is 5.32 Å². The fourth-order valence-electron chi connectivity index (χ4n) is 1.39. The molecule has 1 aromatic heterocycles. The summed E-state index contributed by atoms with van der Waals surface area (Å²) in [7, 11) is 2.17. The number of rotatable bonds is 6. The molecule has 2 nitrogen and oxygen atoms in total. The Labute approximate surface area is 105 Å². The fourth-order valence-corrected chi connectivity index (χ4v) is 3.10. The molecule has 1 rings (SSSR count). The summed E-state index contributed by atoms with van der Waals surface area (Å²) in [5, 5.41) is 3.33. The van der Waals surface area contributed by atoms with Crippen LogP contribution in [0.4, 0.5) is 0 Å². The van der Waals surface area contributed by atoms with E-state index in [9.17, 15) is 0 Å². The van der Waals surface area contributed by atoms with Gasteiger partial charge in [-0.1, -0.05) is 6.92 Å². The molecule has 1 N–H and O–H groups in total. The van der Waals surface area contributed by atoms with Gasteiger partial charge in [-0.3, -0.25) is 0 Å². The van der Waals surface area contributed by atoms with Crippen LogP contribution in [0.5, 0.6) is 0 Å². The zero-order chi connectivity index (χ0) is 11.3. The van der Waals surface area contributed by atoms with Gasteiger partial charge in [0.05, 0.1) is 3.79 Å². The molecule has 0 saturated carbocycles. The van der Waals surface area contributed by atoms with E-state index in [4.69, 9.17) is 0 Å². The number of halogens is 1. The van der Waals surface area contributed by atoms with Gasteiger partial charge in [0.15, 0.2) is 0 Å². The molecule has 0 aliphatic heterocycles. The molecular formula is C11H19BrN2S. The van der Waals surface area contributed by atoms with E-state index in [1.54, 1.807) is 0 Å². The van der Waals surface area contributed by atoms with Gasteiger partial charge in [-0.25, -0.2) is 0 Å². The van der Waals surface area contributed by atoms with E-state index in [0.29, 0.717) is 0 Å². The molecule has 0 radical (unpaired) electrons. The van der Waals surface area contributed by atoms with Gasteiger partial charge in [-0.2, -0.15) is 0 Å². The fraction of sp³-hybridized carbons (Fsp3) is 0.636. The molecule has 0 amide bonds. The third-order valence-corrected chi connectivity index (χ3v) is 4.38. The van der Waals surface area contributed by atoms with Crippen LogP contribution in [0.1, 0.15) is 17.4 Å². The van der Waals surface area contributed by atoms with Gasteiger partial charge in [0.1, 0.15) is 0 Å². The first-order valence-corrected chi connectivity index (χ1v) is 6.88. The van der Waals surface area contributed by atoms with Crippen molar-refractivity contribution in [2.24, 2.45) is 0 Å². The number of thiophene rings is 1. The Bertz CT molecular complexity index is 279. The van der Waals surface area contributed by atoms with E-state index >= 15 is 0 Å².